The Morgan fingerprint density at radius 2 is 2.00 bits per heavy atom. The van der Waals surface area contributed by atoms with E-state index in [0.717, 1.165) is 18.8 Å². The van der Waals surface area contributed by atoms with Crippen molar-refractivity contribution in [2.24, 2.45) is 0 Å². The highest BCUT2D eigenvalue weighted by Crippen LogP contribution is 2.34. The van der Waals surface area contributed by atoms with Gasteiger partial charge in [0, 0.05) is 12.5 Å². The highest BCUT2D eigenvalue weighted by Gasteiger charge is 2.24. The number of pyridine rings is 1. The molecule has 0 amide bonds. The van der Waals surface area contributed by atoms with Crippen molar-refractivity contribution in [1.82, 2.24) is 4.98 Å². The summed E-state index contributed by atoms with van der Waals surface area (Å²) in [5.41, 5.74) is 14.7. The van der Waals surface area contributed by atoms with E-state index in [1.165, 1.54) is 11.1 Å². The summed E-state index contributed by atoms with van der Waals surface area (Å²) in [6.45, 7) is 0.882. The number of aromatic nitrogens is 1. The lowest BCUT2D eigenvalue weighted by molar-refractivity contribution is 0.635. The first kappa shape index (κ1) is 10.9. The summed E-state index contributed by atoms with van der Waals surface area (Å²) < 4.78 is 0. The van der Waals surface area contributed by atoms with Gasteiger partial charge in [-0.1, -0.05) is 24.3 Å². The second-order valence-corrected chi connectivity index (χ2v) is 4.65. The first-order valence-corrected chi connectivity index (χ1v) is 6.07. The van der Waals surface area contributed by atoms with Crippen molar-refractivity contribution in [3.8, 4) is 0 Å². The van der Waals surface area contributed by atoms with Crippen LogP contribution in [0.4, 0.5) is 17.3 Å². The second kappa shape index (κ2) is 4.22. The number of fused-ring (bicyclic) bond motifs is 1. The molecule has 92 valence electrons. The molecule has 1 aromatic heterocycles. The standard InChI is InChI=1S/C14H16N4/c15-12-5-6-13(18-14(12)16)17-8-10-7-9-3-1-2-4-11(9)10/h1-6,10H,7-8,15H2,(H3,16,17,18). The SMILES string of the molecule is Nc1ccc(NCC2Cc3ccccc32)nc1N. The highest BCUT2D eigenvalue weighted by atomic mass is 15.0. The van der Waals surface area contributed by atoms with Crippen molar-refractivity contribution in [3.05, 3.63) is 47.5 Å². The van der Waals surface area contributed by atoms with Crippen LogP contribution in [0.2, 0.25) is 0 Å². The maximum absolute atomic E-state index is 5.67. The number of nitrogens with one attached hydrogen (secondary N) is 1. The number of nitrogens with two attached hydrogens (primary N) is 2. The maximum atomic E-state index is 5.67. The van der Waals surface area contributed by atoms with Gasteiger partial charge in [-0.2, -0.15) is 0 Å². The molecule has 0 aliphatic heterocycles. The van der Waals surface area contributed by atoms with E-state index in [2.05, 4.69) is 34.6 Å². The molecule has 0 saturated heterocycles. The van der Waals surface area contributed by atoms with Gasteiger partial charge >= 0.3 is 0 Å². The van der Waals surface area contributed by atoms with Crippen LogP contribution >= 0.6 is 0 Å². The minimum atomic E-state index is 0.383. The van der Waals surface area contributed by atoms with Gasteiger partial charge < -0.3 is 16.8 Å². The van der Waals surface area contributed by atoms with Crippen molar-refractivity contribution in [2.45, 2.75) is 12.3 Å². The van der Waals surface area contributed by atoms with Crippen LogP contribution in [0, 0.1) is 0 Å². The zero-order chi connectivity index (χ0) is 12.5. The van der Waals surface area contributed by atoms with Crippen molar-refractivity contribution in [1.29, 1.82) is 0 Å². The van der Waals surface area contributed by atoms with Crippen molar-refractivity contribution < 1.29 is 0 Å². The Morgan fingerprint density at radius 1 is 1.17 bits per heavy atom. The summed E-state index contributed by atoms with van der Waals surface area (Å²) in [4.78, 5) is 4.20. The van der Waals surface area contributed by atoms with Gasteiger partial charge in [0.25, 0.3) is 0 Å². The van der Waals surface area contributed by atoms with Gasteiger partial charge in [-0.15, -0.1) is 0 Å². The zero-order valence-electron chi connectivity index (χ0n) is 10.1. The lowest BCUT2D eigenvalue weighted by atomic mass is 9.77. The van der Waals surface area contributed by atoms with Gasteiger partial charge in [0.2, 0.25) is 0 Å². The molecule has 0 spiro atoms. The molecule has 4 nitrogen and oxygen atoms in total. The first-order valence-electron chi connectivity index (χ1n) is 6.07. The molecule has 18 heavy (non-hydrogen) atoms. The Kier molecular flexibility index (Phi) is 2.55. The number of hydrogen-bond donors (Lipinski definition) is 3. The molecule has 0 saturated carbocycles. The van der Waals surface area contributed by atoms with Crippen molar-refractivity contribution in [3.63, 3.8) is 0 Å². The average Bonchev–Trinajstić information content (AvgIpc) is 2.35. The number of anilines is 3. The molecule has 1 aliphatic rings. The van der Waals surface area contributed by atoms with Crippen LogP contribution in [0.15, 0.2) is 36.4 Å². The van der Waals surface area contributed by atoms with Crippen molar-refractivity contribution in [2.75, 3.05) is 23.3 Å². The molecule has 1 atom stereocenters. The summed E-state index contributed by atoms with van der Waals surface area (Å²) in [6.07, 6.45) is 1.13. The van der Waals surface area contributed by atoms with E-state index in [0.29, 0.717) is 17.4 Å². The Balaban J connectivity index is 1.65. The summed E-state index contributed by atoms with van der Waals surface area (Å²) >= 11 is 0. The highest BCUT2D eigenvalue weighted by molar-refractivity contribution is 5.61. The maximum Gasteiger partial charge on any atom is 0.149 e. The Bertz CT molecular complexity index is 580. The molecule has 1 aliphatic carbocycles. The number of benzene rings is 1. The van der Waals surface area contributed by atoms with Crippen LogP contribution < -0.4 is 16.8 Å². The Morgan fingerprint density at radius 3 is 2.78 bits per heavy atom. The van der Waals surface area contributed by atoms with Crippen molar-refractivity contribution >= 4 is 17.3 Å². The van der Waals surface area contributed by atoms with Crippen LogP contribution in [0.5, 0.6) is 0 Å². The van der Waals surface area contributed by atoms with Crippen LogP contribution in [-0.2, 0) is 6.42 Å². The molecule has 2 aromatic rings. The van der Waals surface area contributed by atoms with Gasteiger partial charge in [-0.05, 0) is 29.7 Å². The zero-order valence-corrected chi connectivity index (χ0v) is 10.1. The number of nitrogen functional groups attached to an aromatic ring is 2. The number of nitrogens with zero attached hydrogens (tertiary/aromatic N) is 1. The number of hydrogen-bond acceptors (Lipinski definition) is 4. The molecule has 4 heteroatoms. The number of rotatable bonds is 3. The lowest BCUT2D eigenvalue weighted by Gasteiger charge is -2.30. The van der Waals surface area contributed by atoms with E-state index in [1.54, 1.807) is 6.07 Å². The van der Waals surface area contributed by atoms with Gasteiger partial charge in [0.05, 0.1) is 5.69 Å². The summed E-state index contributed by atoms with van der Waals surface area (Å²) in [6, 6.07) is 12.2. The van der Waals surface area contributed by atoms with E-state index in [-0.39, 0.29) is 0 Å². The lowest BCUT2D eigenvalue weighted by Crippen LogP contribution is -2.24. The van der Waals surface area contributed by atoms with Gasteiger partial charge in [0.15, 0.2) is 0 Å². The summed E-state index contributed by atoms with van der Waals surface area (Å²) in [5, 5.41) is 3.31. The Hall–Kier alpha value is -2.23. The Labute approximate surface area is 106 Å². The van der Waals surface area contributed by atoms with E-state index < -0.39 is 0 Å². The summed E-state index contributed by atoms with van der Waals surface area (Å²) in [7, 11) is 0. The monoisotopic (exact) mass is 240 g/mol. The third kappa shape index (κ3) is 1.86. The molecule has 3 rings (SSSR count). The fourth-order valence-electron chi connectivity index (χ4n) is 2.36. The molecule has 1 aromatic carbocycles. The molecule has 1 heterocycles. The van der Waals surface area contributed by atoms with Crippen LogP contribution in [0.1, 0.15) is 17.0 Å². The molecular weight excluding hydrogens is 224 g/mol. The van der Waals surface area contributed by atoms with Crippen LogP contribution in [0.25, 0.3) is 0 Å². The van der Waals surface area contributed by atoms with E-state index in [4.69, 9.17) is 11.5 Å². The topological polar surface area (TPSA) is 77.0 Å². The predicted molar refractivity (Wildman–Crippen MR) is 74.4 cm³/mol. The fraction of sp³-hybridized carbons (Fsp3) is 0.214. The van der Waals surface area contributed by atoms with E-state index in [9.17, 15) is 0 Å². The molecular formula is C14H16N4. The summed E-state index contributed by atoms with van der Waals surface area (Å²) in [5.74, 6) is 1.74. The van der Waals surface area contributed by atoms with E-state index >= 15 is 0 Å². The van der Waals surface area contributed by atoms with Gasteiger partial charge in [-0.25, -0.2) is 4.98 Å². The predicted octanol–water partition coefficient (Wildman–Crippen LogP) is 2.00. The average molecular weight is 240 g/mol. The third-order valence-electron chi connectivity index (χ3n) is 3.45. The largest absolute Gasteiger partial charge is 0.396 e. The molecule has 0 bridgehead atoms. The molecule has 0 fully saturated rings. The molecule has 1 unspecified atom stereocenters. The molecule has 5 N–H and O–H groups in total. The smallest absolute Gasteiger partial charge is 0.149 e. The molecule has 0 radical (unpaired) electrons. The fourth-order valence-corrected chi connectivity index (χ4v) is 2.36. The van der Waals surface area contributed by atoms with E-state index in [1.807, 2.05) is 6.07 Å². The minimum absolute atomic E-state index is 0.383. The van der Waals surface area contributed by atoms with Gasteiger partial charge in [-0.3, -0.25) is 0 Å². The quantitative estimate of drug-likeness (QED) is 0.767. The first-order chi connectivity index (χ1) is 8.74. The second-order valence-electron chi connectivity index (χ2n) is 4.65. The third-order valence-corrected chi connectivity index (χ3v) is 3.45. The van der Waals surface area contributed by atoms with Crippen LogP contribution in [0.3, 0.4) is 0 Å². The van der Waals surface area contributed by atoms with Gasteiger partial charge in [0.1, 0.15) is 11.6 Å². The van der Waals surface area contributed by atoms with Crippen LogP contribution in [-0.4, -0.2) is 11.5 Å². The minimum Gasteiger partial charge on any atom is -0.396 e. The normalized spacial score (nSPS) is 16.8.